The Morgan fingerprint density at radius 2 is 1.92 bits per heavy atom. The number of aliphatic hydroxyl groups excluding tert-OH is 2. The van der Waals surface area contributed by atoms with Gasteiger partial charge in [0.05, 0.1) is 6.10 Å². The van der Waals surface area contributed by atoms with Crippen LogP contribution in [0.15, 0.2) is 0 Å². The van der Waals surface area contributed by atoms with Crippen molar-refractivity contribution in [1.82, 2.24) is 0 Å². The fourth-order valence-electron chi connectivity index (χ4n) is 7.76. The van der Waals surface area contributed by atoms with E-state index in [4.69, 9.17) is 0 Å². The second-order valence-corrected chi connectivity index (χ2v) is 9.99. The molecule has 0 bridgehead atoms. The van der Waals surface area contributed by atoms with E-state index in [-0.39, 0.29) is 23.2 Å². The molecule has 0 aromatic rings. The van der Waals surface area contributed by atoms with Crippen molar-refractivity contribution in [3.8, 4) is 0 Å². The SMILES string of the molecule is C[C@]12CCC(=O)CC1CCC1C3CC[C@](O)(C(=O)CO)[C@@]3(C)C[C@H](O)[C@@H]12. The van der Waals surface area contributed by atoms with Gasteiger partial charge in [0.2, 0.25) is 0 Å². The molecule has 3 unspecified atom stereocenters. The summed E-state index contributed by atoms with van der Waals surface area (Å²) in [6.45, 7) is 3.55. The number of hydrogen-bond acceptors (Lipinski definition) is 5. The minimum Gasteiger partial charge on any atom is -0.393 e. The molecule has 0 saturated heterocycles. The molecule has 4 fully saturated rings. The summed E-state index contributed by atoms with van der Waals surface area (Å²) < 4.78 is 0. The van der Waals surface area contributed by atoms with Crippen LogP contribution in [0.4, 0.5) is 0 Å². The van der Waals surface area contributed by atoms with Gasteiger partial charge in [-0.1, -0.05) is 13.8 Å². The number of Topliss-reactive ketones (excluding diaryl/α,β-unsaturated/α-hetero) is 2. The van der Waals surface area contributed by atoms with Crippen LogP contribution < -0.4 is 0 Å². The van der Waals surface area contributed by atoms with Gasteiger partial charge in [-0.15, -0.1) is 0 Å². The monoisotopic (exact) mass is 364 g/mol. The first-order chi connectivity index (χ1) is 12.2. The standard InChI is InChI=1S/C21H32O5/c1-19-7-5-13(23)9-12(19)3-4-14-15-6-8-21(26,17(25)11-22)20(15,2)10-16(24)18(14)19/h12,14-16,18,22,24,26H,3-11H2,1-2H3/t12?,14?,15?,16-,18+,19-,20-,21-/m0/s1. The molecule has 0 heterocycles. The first-order valence-electron chi connectivity index (χ1n) is 10.2. The van der Waals surface area contributed by atoms with Crippen LogP contribution in [0.25, 0.3) is 0 Å². The van der Waals surface area contributed by atoms with Crippen LogP contribution in [0.1, 0.15) is 65.2 Å². The topological polar surface area (TPSA) is 94.8 Å². The molecule has 0 aliphatic heterocycles. The van der Waals surface area contributed by atoms with E-state index in [0.717, 1.165) is 25.7 Å². The van der Waals surface area contributed by atoms with E-state index in [9.17, 15) is 24.9 Å². The molecule has 5 nitrogen and oxygen atoms in total. The van der Waals surface area contributed by atoms with Gasteiger partial charge in [0.1, 0.15) is 18.0 Å². The Balaban J connectivity index is 1.70. The third kappa shape index (κ3) is 2.20. The third-order valence-electron chi connectivity index (χ3n) is 9.17. The van der Waals surface area contributed by atoms with Gasteiger partial charge in [0.15, 0.2) is 5.78 Å². The maximum absolute atomic E-state index is 12.4. The number of ketones is 2. The van der Waals surface area contributed by atoms with Gasteiger partial charge in [0.25, 0.3) is 0 Å². The minimum absolute atomic E-state index is 0.0285. The molecule has 4 aliphatic carbocycles. The summed E-state index contributed by atoms with van der Waals surface area (Å²) in [5.74, 6) is 0.800. The summed E-state index contributed by atoms with van der Waals surface area (Å²) in [5.41, 5.74) is -2.24. The molecule has 0 aromatic carbocycles. The highest BCUT2D eigenvalue weighted by atomic mass is 16.3. The fourth-order valence-corrected chi connectivity index (χ4v) is 7.76. The fraction of sp³-hybridized carbons (Fsp3) is 0.905. The number of carbonyl (C=O) groups is 2. The highest BCUT2D eigenvalue weighted by Crippen LogP contribution is 2.68. The molecule has 0 amide bonds. The maximum atomic E-state index is 12.4. The summed E-state index contributed by atoms with van der Waals surface area (Å²) in [6.07, 6.45) is 5.02. The van der Waals surface area contributed by atoms with Gasteiger partial charge in [-0.05, 0) is 67.6 Å². The molecule has 146 valence electrons. The first kappa shape index (κ1) is 18.6. The van der Waals surface area contributed by atoms with Crippen molar-refractivity contribution in [3.05, 3.63) is 0 Å². The molecule has 4 saturated carbocycles. The zero-order valence-corrected chi connectivity index (χ0v) is 15.9. The summed E-state index contributed by atoms with van der Waals surface area (Å²) in [5, 5.41) is 31.8. The summed E-state index contributed by atoms with van der Waals surface area (Å²) in [6, 6.07) is 0. The largest absolute Gasteiger partial charge is 0.393 e. The van der Waals surface area contributed by atoms with Crippen molar-refractivity contribution in [2.45, 2.75) is 76.9 Å². The molecule has 4 rings (SSSR count). The Morgan fingerprint density at radius 3 is 2.62 bits per heavy atom. The van der Waals surface area contributed by atoms with E-state index >= 15 is 0 Å². The van der Waals surface area contributed by atoms with Crippen LogP contribution in [0.5, 0.6) is 0 Å². The van der Waals surface area contributed by atoms with Gasteiger partial charge in [-0.25, -0.2) is 0 Å². The molecule has 8 atom stereocenters. The average Bonchev–Trinajstić information content (AvgIpc) is 2.86. The number of aliphatic hydroxyl groups is 3. The van der Waals surface area contributed by atoms with Crippen LogP contribution in [0.2, 0.25) is 0 Å². The van der Waals surface area contributed by atoms with Gasteiger partial charge >= 0.3 is 0 Å². The highest BCUT2D eigenvalue weighted by molar-refractivity contribution is 5.89. The minimum atomic E-state index is -1.53. The number of fused-ring (bicyclic) bond motifs is 5. The molecule has 4 aliphatic rings. The van der Waals surface area contributed by atoms with E-state index in [2.05, 4.69) is 6.92 Å². The van der Waals surface area contributed by atoms with Crippen molar-refractivity contribution in [1.29, 1.82) is 0 Å². The number of carbonyl (C=O) groups excluding carboxylic acids is 2. The lowest BCUT2D eigenvalue weighted by molar-refractivity contribution is -0.198. The van der Waals surface area contributed by atoms with Gasteiger partial charge < -0.3 is 15.3 Å². The lowest BCUT2D eigenvalue weighted by Crippen LogP contribution is -2.63. The van der Waals surface area contributed by atoms with Gasteiger partial charge in [-0.2, -0.15) is 0 Å². The Labute approximate surface area is 155 Å². The van der Waals surface area contributed by atoms with Crippen LogP contribution in [0, 0.1) is 34.5 Å². The summed E-state index contributed by atoms with van der Waals surface area (Å²) in [7, 11) is 0. The van der Waals surface area contributed by atoms with Crippen LogP contribution >= 0.6 is 0 Å². The van der Waals surface area contributed by atoms with Crippen LogP contribution in [-0.4, -0.2) is 45.2 Å². The normalized spacial score (nSPS) is 53.6. The van der Waals surface area contributed by atoms with E-state index < -0.39 is 29.5 Å². The zero-order chi connectivity index (χ0) is 18.9. The van der Waals surface area contributed by atoms with Crippen molar-refractivity contribution in [2.24, 2.45) is 34.5 Å². The Hall–Kier alpha value is -0.780. The molecule has 0 spiro atoms. The molecule has 3 N–H and O–H groups in total. The van der Waals surface area contributed by atoms with E-state index in [1.54, 1.807) is 0 Å². The lowest BCUT2D eigenvalue weighted by atomic mass is 9.43. The highest BCUT2D eigenvalue weighted by Gasteiger charge is 2.68. The zero-order valence-electron chi connectivity index (χ0n) is 15.9. The first-order valence-corrected chi connectivity index (χ1v) is 10.2. The van der Waals surface area contributed by atoms with E-state index in [1.165, 1.54) is 0 Å². The van der Waals surface area contributed by atoms with Crippen LogP contribution in [0.3, 0.4) is 0 Å². The van der Waals surface area contributed by atoms with Crippen molar-refractivity contribution >= 4 is 11.6 Å². The molecular weight excluding hydrogens is 332 g/mol. The van der Waals surface area contributed by atoms with Crippen molar-refractivity contribution in [3.63, 3.8) is 0 Å². The summed E-state index contributed by atoms with van der Waals surface area (Å²) >= 11 is 0. The lowest BCUT2D eigenvalue weighted by Gasteiger charge is -2.62. The van der Waals surface area contributed by atoms with Crippen LogP contribution in [-0.2, 0) is 9.59 Å². The average molecular weight is 364 g/mol. The van der Waals surface area contributed by atoms with Gasteiger partial charge in [0, 0.05) is 18.3 Å². The van der Waals surface area contributed by atoms with E-state index in [1.807, 2.05) is 6.92 Å². The quantitative estimate of drug-likeness (QED) is 0.695. The molecule has 26 heavy (non-hydrogen) atoms. The Morgan fingerprint density at radius 1 is 1.19 bits per heavy atom. The second kappa shape index (κ2) is 5.86. The smallest absolute Gasteiger partial charge is 0.190 e. The van der Waals surface area contributed by atoms with Gasteiger partial charge in [-0.3, -0.25) is 9.59 Å². The molecular formula is C21H32O5. The maximum Gasteiger partial charge on any atom is 0.190 e. The molecule has 0 aromatic heterocycles. The second-order valence-electron chi connectivity index (χ2n) is 9.99. The molecule has 0 radical (unpaired) electrons. The number of hydrogen-bond donors (Lipinski definition) is 3. The summed E-state index contributed by atoms with van der Waals surface area (Å²) in [4.78, 5) is 24.3. The van der Waals surface area contributed by atoms with Crippen molar-refractivity contribution < 1.29 is 24.9 Å². The van der Waals surface area contributed by atoms with Crippen molar-refractivity contribution in [2.75, 3.05) is 6.61 Å². The number of rotatable bonds is 2. The predicted octanol–water partition coefficient (Wildman–Crippen LogP) is 1.86. The molecule has 5 heteroatoms. The Kier molecular flexibility index (Phi) is 4.18. The predicted molar refractivity (Wildman–Crippen MR) is 95.2 cm³/mol. The van der Waals surface area contributed by atoms with E-state index in [0.29, 0.717) is 37.4 Å². The Bertz CT molecular complexity index is 632. The third-order valence-corrected chi connectivity index (χ3v) is 9.17.